The molecule has 0 unspecified atom stereocenters. The number of rotatable bonds is 8. The van der Waals surface area contributed by atoms with Crippen LogP contribution >= 0.6 is 22.6 Å². The van der Waals surface area contributed by atoms with Crippen LogP contribution < -0.4 is 10.1 Å². The monoisotopic (exact) mass is 463 g/mol. The minimum absolute atomic E-state index is 0.0419. The van der Waals surface area contributed by atoms with Crippen LogP contribution in [0.1, 0.15) is 11.3 Å². The van der Waals surface area contributed by atoms with Crippen molar-refractivity contribution in [3.05, 3.63) is 81.8 Å². The van der Waals surface area contributed by atoms with E-state index in [9.17, 15) is 4.79 Å². The van der Waals surface area contributed by atoms with Crippen LogP contribution in [0.4, 0.5) is 5.69 Å². The summed E-state index contributed by atoms with van der Waals surface area (Å²) in [6.07, 6.45) is 1.62. The van der Waals surface area contributed by atoms with Gasteiger partial charge in [-0.1, -0.05) is 12.1 Å². The molecule has 0 saturated heterocycles. The number of halogens is 1. The summed E-state index contributed by atoms with van der Waals surface area (Å²) in [5.74, 6) is 1.24. The van der Waals surface area contributed by atoms with Gasteiger partial charge in [0.1, 0.15) is 18.1 Å². The predicted molar refractivity (Wildman–Crippen MR) is 107 cm³/mol. The highest BCUT2D eigenvalue weighted by Gasteiger charge is 2.05. The van der Waals surface area contributed by atoms with Crippen LogP contribution in [0.25, 0.3) is 0 Å². The van der Waals surface area contributed by atoms with E-state index in [1.54, 1.807) is 6.26 Å². The largest absolute Gasteiger partial charge is 0.484 e. The van der Waals surface area contributed by atoms with Crippen molar-refractivity contribution in [2.75, 3.05) is 11.9 Å². The van der Waals surface area contributed by atoms with Gasteiger partial charge in [0.15, 0.2) is 6.61 Å². The zero-order chi connectivity index (χ0) is 18.2. The molecule has 0 aliphatic heterocycles. The summed E-state index contributed by atoms with van der Waals surface area (Å²) in [5, 5.41) is 2.83. The quantitative estimate of drug-likeness (QED) is 0.496. The molecule has 26 heavy (non-hydrogen) atoms. The number of hydrogen-bond donors (Lipinski definition) is 1. The van der Waals surface area contributed by atoms with E-state index in [0.717, 1.165) is 14.9 Å². The molecule has 1 N–H and O–H groups in total. The minimum Gasteiger partial charge on any atom is -0.484 e. The number of hydrogen-bond acceptors (Lipinski definition) is 4. The van der Waals surface area contributed by atoms with Gasteiger partial charge in [-0.25, -0.2) is 0 Å². The molecule has 134 valence electrons. The number of ether oxygens (including phenoxy) is 2. The number of benzene rings is 2. The van der Waals surface area contributed by atoms with E-state index in [0.29, 0.717) is 24.7 Å². The van der Waals surface area contributed by atoms with Gasteiger partial charge in [-0.2, -0.15) is 0 Å². The summed E-state index contributed by atoms with van der Waals surface area (Å²) in [6.45, 7) is 0.802. The van der Waals surface area contributed by atoms with Crippen molar-refractivity contribution >= 4 is 34.2 Å². The number of carbonyl (C=O) groups excluding carboxylic acids is 1. The fourth-order valence-electron chi connectivity index (χ4n) is 2.28. The van der Waals surface area contributed by atoms with E-state index in [4.69, 9.17) is 13.9 Å². The van der Waals surface area contributed by atoms with Crippen LogP contribution in [-0.4, -0.2) is 12.5 Å². The van der Waals surface area contributed by atoms with Gasteiger partial charge in [0.2, 0.25) is 0 Å². The molecule has 0 aliphatic carbocycles. The SMILES string of the molecule is O=C(COc1ccc(I)cc1)Nc1cccc(COCc2ccco2)c1. The van der Waals surface area contributed by atoms with E-state index in [2.05, 4.69) is 27.9 Å². The molecule has 3 rings (SSSR count). The second-order valence-electron chi connectivity index (χ2n) is 5.56. The lowest BCUT2D eigenvalue weighted by molar-refractivity contribution is -0.118. The van der Waals surface area contributed by atoms with Gasteiger partial charge in [0, 0.05) is 9.26 Å². The van der Waals surface area contributed by atoms with Crippen LogP contribution in [0.15, 0.2) is 71.3 Å². The molecule has 1 heterocycles. The van der Waals surface area contributed by atoms with Gasteiger partial charge in [0.25, 0.3) is 5.91 Å². The zero-order valence-corrected chi connectivity index (χ0v) is 16.1. The maximum atomic E-state index is 12.1. The molecule has 3 aromatic rings. The topological polar surface area (TPSA) is 60.7 Å². The highest BCUT2D eigenvalue weighted by molar-refractivity contribution is 14.1. The van der Waals surface area contributed by atoms with Crippen molar-refractivity contribution in [2.45, 2.75) is 13.2 Å². The van der Waals surface area contributed by atoms with Crippen molar-refractivity contribution in [2.24, 2.45) is 0 Å². The molecule has 0 radical (unpaired) electrons. The molecule has 1 aromatic heterocycles. The summed E-state index contributed by atoms with van der Waals surface area (Å²) >= 11 is 2.22. The molecule has 6 heteroatoms. The number of anilines is 1. The molecule has 0 aliphatic rings. The lowest BCUT2D eigenvalue weighted by Crippen LogP contribution is -2.20. The average molecular weight is 463 g/mol. The number of nitrogens with one attached hydrogen (secondary N) is 1. The van der Waals surface area contributed by atoms with Gasteiger partial charge < -0.3 is 19.2 Å². The molecule has 2 aromatic carbocycles. The third kappa shape index (κ3) is 5.89. The molecule has 0 saturated carbocycles. The Morgan fingerprint density at radius 2 is 1.88 bits per heavy atom. The Labute approximate surface area is 165 Å². The van der Waals surface area contributed by atoms with Gasteiger partial charge in [0.05, 0.1) is 12.9 Å². The van der Waals surface area contributed by atoms with Crippen molar-refractivity contribution in [3.8, 4) is 5.75 Å². The summed E-state index contributed by atoms with van der Waals surface area (Å²) in [6, 6.07) is 18.8. The van der Waals surface area contributed by atoms with Crippen LogP contribution in [0.2, 0.25) is 0 Å². The average Bonchev–Trinajstić information content (AvgIpc) is 3.15. The molecule has 5 nitrogen and oxygen atoms in total. The Bertz CT molecular complexity index is 831. The standard InChI is InChI=1S/C20H18INO4/c21-16-6-8-18(9-7-16)26-14-20(23)22-17-4-1-3-15(11-17)12-24-13-19-5-2-10-25-19/h1-11H,12-14H2,(H,22,23). The minimum atomic E-state index is -0.211. The molecular formula is C20H18INO4. The van der Waals surface area contributed by atoms with Crippen LogP contribution in [0, 0.1) is 3.57 Å². The molecule has 0 bridgehead atoms. The molecule has 0 fully saturated rings. The lowest BCUT2D eigenvalue weighted by Gasteiger charge is -2.09. The maximum Gasteiger partial charge on any atom is 0.262 e. The van der Waals surface area contributed by atoms with Crippen molar-refractivity contribution in [1.82, 2.24) is 0 Å². The first-order valence-corrected chi connectivity index (χ1v) is 9.14. The van der Waals surface area contributed by atoms with Crippen molar-refractivity contribution in [1.29, 1.82) is 0 Å². The fraction of sp³-hybridized carbons (Fsp3) is 0.150. The highest BCUT2D eigenvalue weighted by Crippen LogP contribution is 2.15. The third-order valence-corrected chi connectivity index (χ3v) is 4.21. The van der Waals surface area contributed by atoms with Crippen LogP contribution in [-0.2, 0) is 22.7 Å². The first-order valence-electron chi connectivity index (χ1n) is 8.06. The van der Waals surface area contributed by atoms with Crippen LogP contribution in [0.5, 0.6) is 5.75 Å². The van der Waals surface area contributed by atoms with Gasteiger partial charge in [-0.3, -0.25) is 4.79 Å². The zero-order valence-electron chi connectivity index (χ0n) is 14.0. The molecule has 0 spiro atoms. The maximum absolute atomic E-state index is 12.1. The van der Waals surface area contributed by atoms with E-state index < -0.39 is 0 Å². The normalized spacial score (nSPS) is 10.5. The summed E-state index contributed by atoms with van der Waals surface area (Å²) < 4.78 is 17.4. The smallest absolute Gasteiger partial charge is 0.262 e. The first-order chi connectivity index (χ1) is 12.7. The van der Waals surface area contributed by atoms with Crippen LogP contribution in [0.3, 0.4) is 0 Å². The summed E-state index contributed by atoms with van der Waals surface area (Å²) in [4.78, 5) is 12.1. The number of amides is 1. The molecule has 0 atom stereocenters. The van der Waals surface area contributed by atoms with Crippen molar-refractivity contribution < 1.29 is 18.7 Å². The van der Waals surface area contributed by atoms with E-state index >= 15 is 0 Å². The lowest BCUT2D eigenvalue weighted by atomic mass is 10.2. The first kappa shape index (κ1) is 18.5. The second kappa shape index (κ2) is 9.40. The Morgan fingerprint density at radius 1 is 1.04 bits per heavy atom. The van der Waals surface area contributed by atoms with Crippen molar-refractivity contribution in [3.63, 3.8) is 0 Å². The number of furan rings is 1. The van der Waals surface area contributed by atoms with E-state index in [-0.39, 0.29) is 12.5 Å². The summed E-state index contributed by atoms with van der Waals surface area (Å²) in [7, 11) is 0. The van der Waals surface area contributed by atoms with E-state index in [1.807, 2.05) is 60.7 Å². The number of carbonyl (C=O) groups is 1. The molecule has 1 amide bonds. The Balaban J connectivity index is 1.46. The summed E-state index contributed by atoms with van der Waals surface area (Å²) in [5.41, 5.74) is 1.67. The van der Waals surface area contributed by atoms with Gasteiger partial charge in [-0.15, -0.1) is 0 Å². The van der Waals surface area contributed by atoms with Gasteiger partial charge >= 0.3 is 0 Å². The Hall–Kier alpha value is -2.32. The third-order valence-electron chi connectivity index (χ3n) is 3.49. The molecular weight excluding hydrogens is 445 g/mol. The fourth-order valence-corrected chi connectivity index (χ4v) is 2.64. The predicted octanol–water partition coefficient (Wildman–Crippen LogP) is 4.62. The van der Waals surface area contributed by atoms with Gasteiger partial charge in [-0.05, 0) is 76.7 Å². The Kier molecular flexibility index (Phi) is 6.68. The Morgan fingerprint density at radius 3 is 2.65 bits per heavy atom. The highest BCUT2D eigenvalue weighted by atomic mass is 127. The second-order valence-corrected chi connectivity index (χ2v) is 6.81. The van der Waals surface area contributed by atoms with E-state index in [1.165, 1.54) is 0 Å².